The van der Waals surface area contributed by atoms with E-state index in [1.165, 1.54) is 17.3 Å². The highest BCUT2D eigenvalue weighted by Crippen LogP contribution is 2.27. The Morgan fingerprint density at radius 1 is 1.00 bits per heavy atom. The van der Waals surface area contributed by atoms with E-state index in [-0.39, 0.29) is 17.9 Å². The zero-order chi connectivity index (χ0) is 25.2. The Balaban J connectivity index is 1.37. The molecule has 0 spiro atoms. The fraction of sp³-hybridized carbons (Fsp3) is 0.200. The van der Waals surface area contributed by atoms with E-state index in [1.54, 1.807) is 66.5 Å². The maximum atomic E-state index is 13.3. The maximum Gasteiger partial charge on any atom is 0.256 e. The Morgan fingerprint density at radius 2 is 1.75 bits per heavy atom. The molecular weight excluding hydrogens is 460 g/mol. The molecule has 0 saturated heterocycles. The molecule has 5 rings (SSSR count). The van der Waals surface area contributed by atoms with Gasteiger partial charge in [-0.05, 0) is 63.2 Å². The van der Waals surface area contributed by atoms with Gasteiger partial charge in [0.15, 0.2) is 11.4 Å². The third-order valence-corrected chi connectivity index (χ3v) is 5.70. The van der Waals surface area contributed by atoms with E-state index in [0.29, 0.717) is 39.4 Å². The minimum absolute atomic E-state index is 0.0628. The molecule has 2 amide bonds. The van der Waals surface area contributed by atoms with Crippen molar-refractivity contribution in [2.45, 2.75) is 32.9 Å². The number of nitrogens with zero attached hydrogens (tertiary/aromatic N) is 6. The molecule has 0 fully saturated rings. The largest absolute Gasteiger partial charge is 0.463 e. The van der Waals surface area contributed by atoms with Crippen molar-refractivity contribution < 1.29 is 14.0 Å². The second-order valence-electron chi connectivity index (χ2n) is 8.52. The van der Waals surface area contributed by atoms with Gasteiger partial charge in [-0.2, -0.15) is 10.2 Å². The van der Waals surface area contributed by atoms with Crippen LogP contribution < -0.4 is 10.6 Å². The normalized spacial score (nSPS) is 12.1. The van der Waals surface area contributed by atoms with Gasteiger partial charge in [0.1, 0.15) is 24.4 Å². The van der Waals surface area contributed by atoms with Crippen molar-refractivity contribution in [1.82, 2.24) is 29.5 Å². The summed E-state index contributed by atoms with van der Waals surface area (Å²) in [6.07, 6.45) is 6.08. The molecule has 0 aliphatic rings. The molecule has 11 nitrogen and oxygen atoms in total. The highest BCUT2D eigenvalue weighted by atomic mass is 16.3. The number of carbonyl (C=O) groups excluding carboxylic acids is 2. The van der Waals surface area contributed by atoms with Gasteiger partial charge in [-0.25, -0.2) is 19.3 Å². The molecule has 5 aromatic rings. The lowest BCUT2D eigenvalue weighted by atomic mass is 10.1. The fourth-order valence-corrected chi connectivity index (χ4v) is 3.75. The first kappa shape index (κ1) is 23.0. The minimum Gasteiger partial charge on any atom is -0.463 e. The first-order valence-corrected chi connectivity index (χ1v) is 11.4. The molecule has 0 aliphatic carbocycles. The number of rotatable bonds is 7. The third-order valence-electron chi connectivity index (χ3n) is 5.70. The van der Waals surface area contributed by atoms with Gasteiger partial charge in [0, 0.05) is 17.4 Å². The molecule has 2 N–H and O–H groups in total. The van der Waals surface area contributed by atoms with Crippen LogP contribution in [0.3, 0.4) is 0 Å². The van der Waals surface area contributed by atoms with Crippen LogP contribution in [-0.4, -0.2) is 41.3 Å². The van der Waals surface area contributed by atoms with Crippen molar-refractivity contribution in [3.63, 3.8) is 0 Å². The molecular formula is C25H24N8O3. The van der Waals surface area contributed by atoms with Gasteiger partial charge in [-0.15, -0.1) is 0 Å². The summed E-state index contributed by atoms with van der Waals surface area (Å²) in [6, 6.07) is 11.7. The molecule has 36 heavy (non-hydrogen) atoms. The molecule has 1 unspecified atom stereocenters. The third kappa shape index (κ3) is 4.45. The number of carbonyl (C=O) groups is 2. The topological polar surface area (TPSA) is 133 Å². The molecule has 1 atom stereocenters. The Kier molecular flexibility index (Phi) is 6.03. The van der Waals surface area contributed by atoms with E-state index in [2.05, 4.69) is 25.8 Å². The van der Waals surface area contributed by atoms with E-state index in [0.717, 1.165) is 0 Å². The summed E-state index contributed by atoms with van der Waals surface area (Å²) < 4.78 is 8.76. The minimum atomic E-state index is -0.518. The number of fused-ring (bicyclic) bond motifs is 1. The lowest BCUT2D eigenvalue weighted by molar-refractivity contribution is -0.119. The fourth-order valence-electron chi connectivity index (χ4n) is 3.75. The average Bonchev–Trinajstić information content (AvgIpc) is 3.65. The van der Waals surface area contributed by atoms with Crippen molar-refractivity contribution in [3.05, 3.63) is 73.1 Å². The molecule has 4 heterocycles. The highest BCUT2D eigenvalue weighted by molar-refractivity contribution is 6.12. The van der Waals surface area contributed by atoms with E-state index >= 15 is 0 Å². The van der Waals surface area contributed by atoms with E-state index < -0.39 is 6.04 Å². The summed E-state index contributed by atoms with van der Waals surface area (Å²) in [5, 5.41) is 14.8. The molecule has 0 saturated carbocycles. The van der Waals surface area contributed by atoms with Crippen LogP contribution in [0, 0.1) is 0 Å². The van der Waals surface area contributed by atoms with Crippen molar-refractivity contribution in [2.75, 3.05) is 10.6 Å². The van der Waals surface area contributed by atoms with E-state index in [9.17, 15) is 9.59 Å². The molecule has 11 heteroatoms. The first-order chi connectivity index (χ1) is 17.4. The number of nitrogens with one attached hydrogen (secondary N) is 2. The quantitative estimate of drug-likeness (QED) is 0.352. The summed E-state index contributed by atoms with van der Waals surface area (Å²) >= 11 is 0. The second kappa shape index (κ2) is 9.45. The second-order valence-corrected chi connectivity index (χ2v) is 8.52. The van der Waals surface area contributed by atoms with Gasteiger partial charge in [0.2, 0.25) is 5.91 Å². The zero-order valence-corrected chi connectivity index (χ0v) is 19.9. The predicted octanol–water partition coefficient (Wildman–Crippen LogP) is 4.32. The van der Waals surface area contributed by atoms with Crippen LogP contribution in [0.2, 0.25) is 0 Å². The summed E-state index contributed by atoms with van der Waals surface area (Å²) in [7, 11) is 0. The van der Waals surface area contributed by atoms with Crippen molar-refractivity contribution in [1.29, 1.82) is 0 Å². The highest BCUT2D eigenvalue weighted by Gasteiger charge is 2.20. The number of furan rings is 1. The van der Waals surface area contributed by atoms with Crippen LogP contribution in [0.25, 0.3) is 22.5 Å². The van der Waals surface area contributed by atoms with Gasteiger partial charge in [0.25, 0.3) is 5.91 Å². The maximum absolute atomic E-state index is 13.3. The molecule has 0 aliphatic heterocycles. The lowest BCUT2D eigenvalue weighted by Crippen LogP contribution is -2.24. The van der Waals surface area contributed by atoms with Crippen LogP contribution in [0.4, 0.5) is 11.4 Å². The van der Waals surface area contributed by atoms with Crippen LogP contribution in [0.15, 0.2) is 72.0 Å². The number of hydrogen-bond acceptors (Lipinski definition) is 7. The van der Waals surface area contributed by atoms with Gasteiger partial charge < -0.3 is 15.1 Å². The number of benzene rings is 1. The van der Waals surface area contributed by atoms with Crippen molar-refractivity contribution in [2.24, 2.45) is 0 Å². The zero-order valence-electron chi connectivity index (χ0n) is 19.9. The average molecular weight is 485 g/mol. The van der Waals surface area contributed by atoms with Gasteiger partial charge in [0.05, 0.1) is 23.4 Å². The molecule has 1 aromatic carbocycles. The standard InChI is InChI=1S/C25H24N8O3/c1-15(2)33-23-20(12-27-33)19(11-21(31-23)22-5-4-10-36-22)25(35)30-18-8-6-17(7-9-18)29-24(34)16(3)32-14-26-13-28-32/h4-16H,1-3H3,(H,29,34)(H,30,35). The van der Waals surface area contributed by atoms with E-state index in [4.69, 9.17) is 9.40 Å². The predicted molar refractivity (Wildman–Crippen MR) is 133 cm³/mol. The SMILES string of the molecule is CC(C(=O)Nc1ccc(NC(=O)c2cc(-c3ccco3)nc3c2cnn3C(C)C)cc1)n1cncn1. The Hall–Kier alpha value is -4.80. The lowest BCUT2D eigenvalue weighted by Gasteiger charge is -2.13. The van der Waals surface area contributed by atoms with Crippen molar-refractivity contribution >= 4 is 34.2 Å². The summed E-state index contributed by atoms with van der Waals surface area (Å²) in [4.78, 5) is 34.4. The number of hydrogen-bond donors (Lipinski definition) is 2. The van der Waals surface area contributed by atoms with Gasteiger partial charge in [-0.3, -0.25) is 9.59 Å². The van der Waals surface area contributed by atoms with Crippen LogP contribution >= 0.6 is 0 Å². The smallest absolute Gasteiger partial charge is 0.256 e. The summed E-state index contributed by atoms with van der Waals surface area (Å²) in [5.41, 5.74) is 2.73. The van der Waals surface area contributed by atoms with Gasteiger partial charge >= 0.3 is 0 Å². The van der Waals surface area contributed by atoms with Crippen LogP contribution in [0.5, 0.6) is 0 Å². The molecule has 4 aromatic heterocycles. The number of amides is 2. The first-order valence-electron chi connectivity index (χ1n) is 11.4. The monoisotopic (exact) mass is 484 g/mol. The van der Waals surface area contributed by atoms with Crippen molar-refractivity contribution in [3.8, 4) is 11.5 Å². The number of anilines is 2. The Morgan fingerprint density at radius 3 is 2.39 bits per heavy atom. The Labute approximate surface area is 206 Å². The molecule has 0 radical (unpaired) electrons. The van der Waals surface area contributed by atoms with E-state index in [1.807, 2.05) is 13.8 Å². The summed E-state index contributed by atoms with van der Waals surface area (Å²) in [5.74, 6) is 0.0156. The number of pyridine rings is 1. The van der Waals surface area contributed by atoms with Crippen LogP contribution in [-0.2, 0) is 4.79 Å². The molecule has 182 valence electrons. The Bertz CT molecular complexity index is 1500. The molecule has 0 bridgehead atoms. The van der Waals surface area contributed by atoms with Crippen LogP contribution in [0.1, 0.15) is 43.2 Å². The summed E-state index contributed by atoms with van der Waals surface area (Å²) in [6.45, 7) is 5.73. The number of aromatic nitrogens is 6. The van der Waals surface area contributed by atoms with Gasteiger partial charge in [-0.1, -0.05) is 0 Å².